The molecule has 0 fully saturated rings. The Morgan fingerprint density at radius 3 is 2.05 bits per heavy atom. The first-order valence-electron chi connectivity index (χ1n) is 14.2. The number of fused-ring (bicyclic) bond motifs is 7. The Kier molecular flexibility index (Phi) is 4.87. The van der Waals surface area contributed by atoms with Crippen molar-refractivity contribution in [3.63, 3.8) is 0 Å². The van der Waals surface area contributed by atoms with Gasteiger partial charge in [0.1, 0.15) is 0 Å². The highest BCUT2D eigenvalue weighted by Gasteiger charge is 2.20. The number of hydrogen-bond donors (Lipinski definition) is 0. The van der Waals surface area contributed by atoms with E-state index in [4.69, 9.17) is 9.97 Å². The second-order valence-electron chi connectivity index (χ2n) is 10.7. The molecule has 0 spiro atoms. The Balaban J connectivity index is 1.37. The maximum atomic E-state index is 5.34. The van der Waals surface area contributed by atoms with Crippen molar-refractivity contribution in [1.29, 1.82) is 0 Å². The highest BCUT2D eigenvalue weighted by molar-refractivity contribution is 6.21. The zero-order valence-electron chi connectivity index (χ0n) is 22.6. The molecule has 0 N–H and O–H groups in total. The number of nitrogens with zero attached hydrogens (tertiary/aromatic N) is 4. The van der Waals surface area contributed by atoms with E-state index in [1.807, 2.05) is 6.07 Å². The van der Waals surface area contributed by atoms with Gasteiger partial charge in [0.25, 0.3) is 0 Å². The lowest BCUT2D eigenvalue weighted by atomic mass is 9.99. The van der Waals surface area contributed by atoms with Crippen molar-refractivity contribution in [1.82, 2.24) is 19.1 Å². The van der Waals surface area contributed by atoms with Crippen LogP contribution in [0.4, 0.5) is 0 Å². The number of benzene rings is 6. The lowest BCUT2D eigenvalue weighted by Gasteiger charge is -2.13. The fraction of sp³-hybridized carbons (Fsp3) is 0. The summed E-state index contributed by atoms with van der Waals surface area (Å²) in [7, 11) is 0. The second kappa shape index (κ2) is 8.88. The van der Waals surface area contributed by atoms with Crippen LogP contribution in [0.3, 0.4) is 0 Å². The van der Waals surface area contributed by atoms with Gasteiger partial charge in [-0.2, -0.15) is 0 Å². The number of rotatable bonds is 3. The van der Waals surface area contributed by atoms with Crippen LogP contribution >= 0.6 is 0 Å². The zero-order chi connectivity index (χ0) is 27.6. The van der Waals surface area contributed by atoms with E-state index in [-0.39, 0.29) is 0 Å². The van der Waals surface area contributed by atoms with Gasteiger partial charge in [-0.05, 0) is 53.2 Å². The maximum absolute atomic E-state index is 5.34. The van der Waals surface area contributed by atoms with Crippen LogP contribution in [-0.2, 0) is 0 Å². The fourth-order valence-corrected chi connectivity index (χ4v) is 6.52. The zero-order valence-corrected chi connectivity index (χ0v) is 22.6. The van der Waals surface area contributed by atoms with Gasteiger partial charge in [0, 0.05) is 39.0 Å². The molecule has 3 aromatic heterocycles. The highest BCUT2D eigenvalue weighted by Crippen LogP contribution is 2.39. The quantitative estimate of drug-likeness (QED) is 0.225. The summed E-state index contributed by atoms with van der Waals surface area (Å²) in [5.41, 5.74) is 7.47. The van der Waals surface area contributed by atoms with Crippen molar-refractivity contribution < 1.29 is 0 Å². The predicted octanol–water partition coefficient (Wildman–Crippen LogP) is 9.49. The second-order valence-corrected chi connectivity index (χ2v) is 10.7. The van der Waals surface area contributed by atoms with Gasteiger partial charge in [-0.25, -0.2) is 9.97 Å². The average molecular weight is 537 g/mol. The smallest absolute Gasteiger partial charge is 0.235 e. The summed E-state index contributed by atoms with van der Waals surface area (Å²) in [4.78, 5) is 10.5. The molecule has 0 saturated carbocycles. The van der Waals surface area contributed by atoms with Gasteiger partial charge in [-0.1, -0.05) is 97.1 Å². The number of para-hydroxylation sites is 3. The van der Waals surface area contributed by atoms with Crippen molar-refractivity contribution in [3.05, 3.63) is 146 Å². The fourth-order valence-electron chi connectivity index (χ4n) is 6.52. The molecule has 196 valence electrons. The predicted molar refractivity (Wildman–Crippen MR) is 174 cm³/mol. The SMILES string of the molecule is c1ccc(-n2ccc3c4c5ccccc5n(-c5nc(-c6cccc7ccccc67)c6ccccc6n5)c4ccc32)cc1. The van der Waals surface area contributed by atoms with Crippen LogP contribution in [0.25, 0.3) is 77.3 Å². The van der Waals surface area contributed by atoms with E-state index in [1.165, 1.54) is 32.4 Å². The number of aromatic nitrogens is 4. The van der Waals surface area contributed by atoms with Crippen LogP contribution in [0.5, 0.6) is 0 Å². The molecule has 6 aromatic carbocycles. The van der Waals surface area contributed by atoms with Crippen LogP contribution in [0, 0.1) is 0 Å². The monoisotopic (exact) mass is 536 g/mol. The van der Waals surface area contributed by atoms with E-state index in [9.17, 15) is 0 Å². The maximum Gasteiger partial charge on any atom is 0.235 e. The Hall–Kier alpha value is -5.74. The van der Waals surface area contributed by atoms with Crippen LogP contribution in [0.15, 0.2) is 146 Å². The molecule has 9 rings (SSSR count). The molecule has 42 heavy (non-hydrogen) atoms. The minimum absolute atomic E-state index is 0.671. The molecule has 0 aliphatic heterocycles. The minimum Gasteiger partial charge on any atom is -0.317 e. The highest BCUT2D eigenvalue weighted by atomic mass is 15.2. The van der Waals surface area contributed by atoms with Crippen LogP contribution < -0.4 is 0 Å². The van der Waals surface area contributed by atoms with Crippen molar-refractivity contribution in [2.75, 3.05) is 0 Å². The van der Waals surface area contributed by atoms with E-state index < -0.39 is 0 Å². The first kappa shape index (κ1) is 23.0. The normalized spacial score (nSPS) is 11.8. The van der Waals surface area contributed by atoms with Gasteiger partial charge in [-0.3, -0.25) is 4.57 Å². The first-order valence-corrected chi connectivity index (χ1v) is 14.2. The molecule has 4 nitrogen and oxygen atoms in total. The van der Waals surface area contributed by atoms with Crippen LogP contribution in [-0.4, -0.2) is 19.1 Å². The summed E-state index contributed by atoms with van der Waals surface area (Å²) >= 11 is 0. The summed E-state index contributed by atoms with van der Waals surface area (Å²) in [6, 6.07) is 49.0. The van der Waals surface area contributed by atoms with Gasteiger partial charge in [0.05, 0.1) is 27.8 Å². The van der Waals surface area contributed by atoms with Crippen molar-refractivity contribution >= 4 is 54.4 Å². The summed E-state index contributed by atoms with van der Waals surface area (Å²) in [6.07, 6.45) is 2.16. The Bertz CT molecular complexity index is 2460. The van der Waals surface area contributed by atoms with Crippen molar-refractivity contribution in [3.8, 4) is 22.9 Å². The summed E-state index contributed by atoms with van der Waals surface area (Å²) in [6.45, 7) is 0. The van der Waals surface area contributed by atoms with E-state index >= 15 is 0 Å². The lowest BCUT2D eigenvalue weighted by molar-refractivity contribution is 1.01. The number of hydrogen-bond acceptors (Lipinski definition) is 2. The standard InChI is InChI=1S/C38H24N4/c1-2-13-26(14-3-1)41-24-23-31-33(41)21-22-35-36(31)30-17-7-9-20-34(30)42(35)38-39-32-19-8-6-16-29(32)37(40-38)28-18-10-12-25-11-4-5-15-27(25)28/h1-24H. The van der Waals surface area contributed by atoms with Gasteiger partial charge < -0.3 is 4.57 Å². The molecule has 0 unspecified atom stereocenters. The molecule has 0 radical (unpaired) electrons. The van der Waals surface area contributed by atoms with Crippen LogP contribution in [0.1, 0.15) is 0 Å². The molecule has 0 bridgehead atoms. The molecule has 3 heterocycles. The summed E-state index contributed by atoms with van der Waals surface area (Å²) < 4.78 is 4.48. The van der Waals surface area contributed by atoms with E-state index in [1.54, 1.807) is 0 Å². The van der Waals surface area contributed by atoms with Gasteiger partial charge in [0.15, 0.2) is 0 Å². The molecular weight excluding hydrogens is 512 g/mol. The molecule has 0 aliphatic carbocycles. The van der Waals surface area contributed by atoms with Crippen LogP contribution in [0.2, 0.25) is 0 Å². The van der Waals surface area contributed by atoms with Gasteiger partial charge in [-0.15, -0.1) is 0 Å². The summed E-state index contributed by atoms with van der Waals surface area (Å²) in [5.74, 6) is 0.671. The van der Waals surface area contributed by atoms with E-state index in [0.717, 1.165) is 38.9 Å². The van der Waals surface area contributed by atoms with E-state index in [0.29, 0.717) is 5.95 Å². The third kappa shape index (κ3) is 3.29. The molecular formula is C38H24N4. The molecule has 4 heteroatoms. The van der Waals surface area contributed by atoms with Crippen molar-refractivity contribution in [2.24, 2.45) is 0 Å². The molecule has 0 aliphatic rings. The Morgan fingerprint density at radius 2 is 1.14 bits per heavy atom. The molecule has 9 aromatic rings. The van der Waals surface area contributed by atoms with Gasteiger partial charge in [0.2, 0.25) is 5.95 Å². The van der Waals surface area contributed by atoms with Crippen molar-refractivity contribution in [2.45, 2.75) is 0 Å². The lowest BCUT2D eigenvalue weighted by Crippen LogP contribution is -2.03. The average Bonchev–Trinajstić information content (AvgIpc) is 3.64. The molecule has 0 atom stereocenters. The third-order valence-electron chi connectivity index (χ3n) is 8.38. The minimum atomic E-state index is 0.671. The van der Waals surface area contributed by atoms with Gasteiger partial charge >= 0.3 is 0 Å². The topological polar surface area (TPSA) is 35.6 Å². The largest absolute Gasteiger partial charge is 0.317 e. The Morgan fingerprint density at radius 1 is 0.452 bits per heavy atom. The Labute approximate surface area is 241 Å². The molecule has 0 saturated heterocycles. The molecule has 0 amide bonds. The third-order valence-corrected chi connectivity index (χ3v) is 8.38. The summed E-state index contributed by atoms with van der Waals surface area (Å²) in [5, 5.41) is 7.03. The first-order chi connectivity index (χ1) is 20.8. The van der Waals surface area contributed by atoms with E-state index in [2.05, 4.69) is 149 Å².